The number of rotatable bonds is 2. The first-order valence-electron chi connectivity index (χ1n) is 10.8. The number of amides is 2. The van der Waals surface area contributed by atoms with E-state index in [-0.39, 0.29) is 18.1 Å². The van der Waals surface area contributed by atoms with Gasteiger partial charge in [0.05, 0.1) is 12.6 Å². The smallest absolute Gasteiger partial charge is 0.410 e. The number of ether oxygens (including phenoxy) is 2. The fraction of sp³-hybridized carbons (Fsp3) is 0.652. The predicted molar refractivity (Wildman–Crippen MR) is 111 cm³/mol. The molecule has 0 aromatic heterocycles. The van der Waals surface area contributed by atoms with Gasteiger partial charge in [0.1, 0.15) is 5.60 Å². The van der Waals surface area contributed by atoms with Crippen molar-refractivity contribution in [2.45, 2.75) is 71.0 Å². The van der Waals surface area contributed by atoms with Gasteiger partial charge in [-0.2, -0.15) is 0 Å². The molecule has 2 amide bonds. The minimum Gasteiger partial charge on any atom is -0.444 e. The zero-order valence-electron chi connectivity index (χ0n) is 17.8. The molecule has 3 aliphatic rings. The molecule has 0 unspecified atom stereocenters. The van der Waals surface area contributed by atoms with Crippen molar-refractivity contribution in [2.24, 2.45) is 0 Å². The molecule has 158 valence electrons. The lowest BCUT2D eigenvalue weighted by Crippen LogP contribution is -2.40. The molecule has 6 heteroatoms. The van der Waals surface area contributed by atoms with E-state index in [2.05, 4.69) is 12.1 Å². The van der Waals surface area contributed by atoms with Gasteiger partial charge >= 0.3 is 6.09 Å². The van der Waals surface area contributed by atoms with Gasteiger partial charge in [0.25, 0.3) is 0 Å². The first-order valence-corrected chi connectivity index (χ1v) is 10.8. The zero-order chi connectivity index (χ0) is 20.6. The number of nitrogens with zero attached hydrogens (tertiary/aromatic N) is 2. The van der Waals surface area contributed by atoms with Gasteiger partial charge in [-0.3, -0.25) is 4.79 Å². The van der Waals surface area contributed by atoms with E-state index in [1.807, 2.05) is 25.7 Å². The molecular formula is C23H32N2O4. The number of hydrogen-bond acceptors (Lipinski definition) is 4. The number of aryl methyl sites for hydroxylation is 1. The van der Waals surface area contributed by atoms with E-state index in [1.165, 1.54) is 16.7 Å². The summed E-state index contributed by atoms with van der Waals surface area (Å²) in [5.74, 6) is 0.192. The second-order valence-corrected chi connectivity index (χ2v) is 9.36. The van der Waals surface area contributed by atoms with Crippen LogP contribution in [0, 0.1) is 0 Å². The third-order valence-electron chi connectivity index (χ3n) is 5.96. The van der Waals surface area contributed by atoms with Crippen LogP contribution in [0.15, 0.2) is 12.1 Å². The number of fused-ring (bicyclic) bond motifs is 2. The summed E-state index contributed by atoms with van der Waals surface area (Å²) in [5.41, 5.74) is 4.33. The summed E-state index contributed by atoms with van der Waals surface area (Å²) in [4.78, 5) is 28.9. The van der Waals surface area contributed by atoms with E-state index in [0.717, 1.165) is 44.4 Å². The van der Waals surface area contributed by atoms with Gasteiger partial charge in [0.2, 0.25) is 5.91 Å². The number of hydrogen-bond donors (Lipinski definition) is 0. The van der Waals surface area contributed by atoms with Crippen LogP contribution < -0.4 is 4.90 Å². The van der Waals surface area contributed by atoms with Crippen LogP contribution in [0.5, 0.6) is 0 Å². The molecule has 0 saturated carbocycles. The predicted octanol–water partition coefficient (Wildman–Crippen LogP) is 3.48. The minimum absolute atomic E-state index is 0.145. The molecule has 3 aliphatic heterocycles. The molecule has 0 spiro atoms. The van der Waals surface area contributed by atoms with Crippen LogP contribution in [0.4, 0.5) is 10.5 Å². The Hall–Kier alpha value is -2.08. The lowest BCUT2D eigenvalue weighted by molar-refractivity contribution is -0.119. The highest BCUT2D eigenvalue weighted by atomic mass is 16.6. The lowest BCUT2D eigenvalue weighted by atomic mass is 9.93. The Balaban J connectivity index is 1.53. The molecule has 1 aromatic rings. The van der Waals surface area contributed by atoms with Gasteiger partial charge in [-0.25, -0.2) is 4.79 Å². The number of carbonyl (C=O) groups is 2. The highest BCUT2D eigenvalue weighted by Crippen LogP contribution is 2.33. The van der Waals surface area contributed by atoms with Crippen LogP contribution in [-0.2, 0) is 33.5 Å². The van der Waals surface area contributed by atoms with Gasteiger partial charge in [0, 0.05) is 31.8 Å². The third-order valence-corrected chi connectivity index (χ3v) is 5.96. The molecular weight excluding hydrogens is 368 g/mol. The molecule has 6 nitrogen and oxygen atoms in total. The molecule has 4 rings (SSSR count). The summed E-state index contributed by atoms with van der Waals surface area (Å²) in [6, 6.07) is 4.45. The van der Waals surface area contributed by atoms with Crippen molar-refractivity contribution in [2.75, 3.05) is 31.1 Å². The van der Waals surface area contributed by atoms with Crippen LogP contribution in [0.1, 0.15) is 56.7 Å². The Kier molecular flexibility index (Phi) is 5.56. The Labute approximate surface area is 173 Å². The molecule has 1 atom stereocenters. The highest BCUT2D eigenvalue weighted by molar-refractivity contribution is 5.96. The Morgan fingerprint density at radius 2 is 1.83 bits per heavy atom. The summed E-state index contributed by atoms with van der Waals surface area (Å²) in [5, 5.41) is 0. The van der Waals surface area contributed by atoms with Crippen LogP contribution >= 0.6 is 0 Å². The van der Waals surface area contributed by atoms with E-state index in [0.29, 0.717) is 26.1 Å². The van der Waals surface area contributed by atoms with E-state index >= 15 is 0 Å². The lowest BCUT2D eigenvalue weighted by Gasteiger charge is -2.32. The van der Waals surface area contributed by atoms with Crippen molar-refractivity contribution in [3.63, 3.8) is 0 Å². The van der Waals surface area contributed by atoms with Crippen molar-refractivity contribution in [3.05, 3.63) is 28.8 Å². The Bertz CT molecular complexity index is 793. The van der Waals surface area contributed by atoms with Gasteiger partial charge < -0.3 is 19.3 Å². The maximum atomic E-state index is 12.7. The molecule has 0 bridgehead atoms. The third kappa shape index (κ3) is 4.58. The summed E-state index contributed by atoms with van der Waals surface area (Å²) in [7, 11) is 0. The summed E-state index contributed by atoms with van der Waals surface area (Å²) < 4.78 is 11.3. The normalized spacial score (nSPS) is 22.2. The molecule has 0 aliphatic carbocycles. The summed E-state index contributed by atoms with van der Waals surface area (Å²) >= 11 is 0. The summed E-state index contributed by atoms with van der Waals surface area (Å²) in [6.07, 6.45) is 4.95. The average Bonchev–Trinajstić information content (AvgIpc) is 3.07. The monoisotopic (exact) mass is 400 g/mol. The maximum Gasteiger partial charge on any atom is 0.410 e. The second kappa shape index (κ2) is 7.98. The van der Waals surface area contributed by atoms with E-state index in [4.69, 9.17) is 9.47 Å². The van der Waals surface area contributed by atoms with Crippen molar-refractivity contribution in [3.8, 4) is 0 Å². The van der Waals surface area contributed by atoms with Crippen molar-refractivity contribution < 1.29 is 19.1 Å². The fourth-order valence-corrected chi connectivity index (χ4v) is 4.48. The maximum absolute atomic E-state index is 12.7. The van der Waals surface area contributed by atoms with Crippen LogP contribution in [0.25, 0.3) is 0 Å². The minimum atomic E-state index is -0.488. The van der Waals surface area contributed by atoms with Crippen molar-refractivity contribution >= 4 is 17.7 Å². The zero-order valence-corrected chi connectivity index (χ0v) is 17.8. The van der Waals surface area contributed by atoms with Gasteiger partial charge in [-0.1, -0.05) is 6.07 Å². The first-order chi connectivity index (χ1) is 13.8. The highest BCUT2D eigenvalue weighted by Gasteiger charge is 2.30. The average molecular weight is 401 g/mol. The first kappa shape index (κ1) is 20.2. The Morgan fingerprint density at radius 3 is 2.48 bits per heavy atom. The molecule has 29 heavy (non-hydrogen) atoms. The number of benzene rings is 1. The molecule has 0 radical (unpaired) electrons. The van der Waals surface area contributed by atoms with Crippen molar-refractivity contribution in [1.82, 2.24) is 4.90 Å². The van der Waals surface area contributed by atoms with Crippen molar-refractivity contribution in [1.29, 1.82) is 0 Å². The largest absolute Gasteiger partial charge is 0.444 e. The van der Waals surface area contributed by atoms with Gasteiger partial charge in [-0.05, 0) is 75.6 Å². The molecule has 0 N–H and O–H groups in total. The van der Waals surface area contributed by atoms with E-state index in [1.54, 1.807) is 4.90 Å². The molecule has 1 aromatic carbocycles. The van der Waals surface area contributed by atoms with Gasteiger partial charge in [-0.15, -0.1) is 0 Å². The van der Waals surface area contributed by atoms with Crippen LogP contribution in [0.3, 0.4) is 0 Å². The second-order valence-electron chi connectivity index (χ2n) is 9.36. The molecule has 1 fully saturated rings. The van der Waals surface area contributed by atoms with Gasteiger partial charge in [0.15, 0.2) is 0 Å². The quantitative estimate of drug-likeness (QED) is 0.763. The number of carbonyl (C=O) groups excluding carboxylic acids is 2. The SMILES string of the molecule is CC(C)(C)OC(=O)N1CCc2cc3c(cc2CC1)N(C[C@H]1CCCO1)C(=O)CC3. The van der Waals surface area contributed by atoms with E-state index in [9.17, 15) is 9.59 Å². The topological polar surface area (TPSA) is 59.1 Å². The Morgan fingerprint density at radius 1 is 1.10 bits per heavy atom. The molecule has 1 saturated heterocycles. The standard InChI is InChI=1S/C23H32N2O4/c1-23(2,3)29-22(27)24-10-8-16-13-18-6-7-21(26)25(15-19-5-4-12-28-19)20(18)14-17(16)9-11-24/h13-14,19H,4-12,15H2,1-3H3/t19-/m1/s1. The summed E-state index contributed by atoms with van der Waals surface area (Å²) in [6.45, 7) is 8.43. The van der Waals surface area contributed by atoms with Crippen LogP contribution in [0.2, 0.25) is 0 Å². The molecule has 3 heterocycles. The van der Waals surface area contributed by atoms with Crippen LogP contribution in [-0.4, -0.2) is 54.8 Å². The number of anilines is 1. The fourth-order valence-electron chi connectivity index (χ4n) is 4.48. The van der Waals surface area contributed by atoms with E-state index < -0.39 is 5.60 Å².